The molecule has 0 radical (unpaired) electrons. The lowest BCUT2D eigenvalue weighted by Gasteiger charge is -2.09. The van der Waals surface area contributed by atoms with Gasteiger partial charge in [0.15, 0.2) is 4.80 Å². The topological polar surface area (TPSA) is 71.7 Å². The Bertz CT molecular complexity index is 1040. The molecule has 128 valence electrons. The number of aliphatic carboxylic acids is 1. The van der Waals surface area contributed by atoms with E-state index in [0.717, 1.165) is 28.2 Å². The predicted octanol–water partition coefficient (Wildman–Crippen LogP) is 3.37. The van der Waals surface area contributed by atoms with Gasteiger partial charge in [-0.15, -0.1) is 0 Å². The molecule has 0 saturated heterocycles. The van der Waals surface area contributed by atoms with Gasteiger partial charge in [0.2, 0.25) is 0 Å². The van der Waals surface area contributed by atoms with Gasteiger partial charge in [-0.1, -0.05) is 23.5 Å². The number of hydrogen-bond donors (Lipinski definition) is 1. The molecule has 1 aromatic heterocycles. The third kappa shape index (κ3) is 3.34. The van der Waals surface area contributed by atoms with Crippen molar-refractivity contribution in [1.29, 1.82) is 0 Å². The molecule has 0 aliphatic heterocycles. The monoisotopic (exact) mass is 362 g/mol. The van der Waals surface area contributed by atoms with Gasteiger partial charge in [0.25, 0.3) is 5.91 Å². The number of carboxylic acid groups (broad SMARTS) is 1. The number of rotatable bonds is 3. The summed E-state index contributed by atoms with van der Waals surface area (Å²) >= 11 is 1.13. The molecule has 0 saturated carbocycles. The number of thiazole rings is 1. The van der Waals surface area contributed by atoms with Gasteiger partial charge in [0.1, 0.15) is 17.7 Å². The molecule has 2 aromatic carbocycles. The second kappa shape index (κ2) is 6.56. The van der Waals surface area contributed by atoms with E-state index in [-0.39, 0.29) is 10.4 Å². The molecule has 1 amide bonds. The fraction of sp³-hybridized carbons (Fsp3) is 0.118. The van der Waals surface area contributed by atoms with Crippen LogP contribution in [0, 0.1) is 11.6 Å². The second-order valence-electron chi connectivity index (χ2n) is 5.31. The Hall–Kier alpha value is -2.87. The van der Waals surface area contributed by atoms with Crippen molar-refractivity contribution < 1.29 is 23.5 Å². The summed E-state index contributed by atoms with van der Waals surface area (Å²) in [5.74, 6) is -3.71. The molecule has 0 aliphatic carbocycles. The molecule has 0 bridgehead atoms. The van der Waals surface area contributed by atoms with Crippen molar-refractivity contribution in [3.8, 4) is 0 Å². The number of hydrogen-bond acceptors (Lipinski definition) is 3. The van der Waals surface area contributed by atoms with Crippen LogP contribution in [0.3, 0.4) is 0 Å². The van der Waals surface area contributed by atoms with Gasteiger partial charge in [0, 0.05) is 11.6 Å². The minimum absolute atomic E-state index is 0.144. The minimum atomic E-state index is -1.09. The quantitative estimate of drug-likeness (QED) is 0.776. The Labute approximate surface area is 144 Å². The van der Waals surface area contributed by atoms with E-state index in [1.54, 1.807) is 24.3 Å². The van der Waals surface area contributed by atoms with E-state index in [1.165, 1.54) is 11.5 Å². The summed E-state index contributed by atoms with van der Waals surface area (Å²) in [6, 6.07) is 8.47. The van der Waals surface area contributed by atoms with Crippen LogP contribution in [0.25, 0.3) is 10.2 Å². The first-order valence-electron chi connectivity index (χ1n) is 7.25. The Morgan fingerprint density at radius 2 is 1.80 bits per heavy atom. The Balaban J connectivity index is 2.20. The molecular formula is C17H12F2N2O3S. The minimum Gasteiger partial charge on any atom is -0.480 e. The van der Waals surface area contributed by atoms with E-state index in [4.69, 9.17) is 0 Å². The lowest BCUT2D eigenvalue weighted by Crippen LogP contribution is -2.25. The average Bonchev–Trinajstić information content (AvgIpc) is 2.90. The molecule has 1 unspecified atom stereocenters. The summed E-state index contributed by atoms with van der Waals surface area (Å²) < 4.78 is 28.7. The van der Waals surface area contributed by atoms with Crippen molar-refractivity contribution >= 4 is 33.4 Å². The standard InChI is InChI=1S/C17H12F2N2O3S/c1-9(16(23)24)21-13-4-2-3-5-14(13)25-17(21)20-15(22)10-6-11(18)8-12(19)7-10/h2-9H,1H3,(H,23,24)/b20-17-. The number of carbonyl (C=O) groups excluding carboxylic acids is 1. The van der Waals surface area contributed by atoms with E-state index in [9.17, 15) is 23.5 Å². The highest BCUT2D eigenvalue weighted by Gasteiger charge is 2.19. The maximum Gasteiger partial charge on any atom is 0.326 e. The third-order valence-corrected chi connectivity index (χ3v) is 4.62. The normalized spacial score (nSPS) is 13.2. The van der Waals surface area contributed by atoms with Crippen LogP contribution in [0.1, 0.15) is 23.3 Å². The average molecular weight is 362 g/mol. The van der Waals surface area contributed by atoms with Crippen LogP contribution in [0.5, 0.6) is 0 Å². The number of benzene rings is 2. The second-order valence-corrected chi connectivity index (χ2v) is 6.32. The van der Waals surface area contributed by atoms with Crippen molar-refractivity contribution in [2.75, 3.05) is 0 Å². The molecule has 0 aliphatic rings. The SMILES string of the molecule is CC(C(=O)O)n1/c(=N/C(=O)c2cc(F)cc(F)c2)sc2ccccc21. The number of nitrogens with zero attached hydrogens (tertiary/aromatic N) is 2. The lowest BCUT2D eigenvalue weighted by molar-refractivity contribution is -0.140. The molecule has 0 fully saturated rings. The molecule has 25 heavy (non-hydrogen) atoms. The Morgan fingerprint density at radius 1 is 1.16 bits per heavy atom. The summed E-state index contributed by atoms with van der Waals surface area (Å²) in [6.07, 6.45) is 0. The molecule has 8 heteroatoms. The number of halogens is 2. The zero-order chi connectivity index (χ0) is 18.1. The summed E-state index contributed by atoms with van der Waals surface area (Å²) in [5.41, 5.74) is 0.365. The summed E-state index contributed by atoms with van der Waals surface area (Å²) in [6.45, 7) is 1.47. The first-order valence-corrected chi connectivity index (χ1v) is 8.06. The molecular weight excluding hydrogens is 350 g/mol. The number of para-hydroxylation sites is 1. The Kier molecular flexibility index (Phi) is 4.45. The number of carboxylic acids is 1. The highest BCUT2D eigenvalue weighted by molar-refractivity contribution is 7.16. The summed E-state index contributed by atoms with van der Waals surface area (Å²) in [7, 11) is 0. The van der Waals surface area contributed by atoms with Crippen molar-refractivity contribution in [2.45, 2.75) is 13.0 Å². The number of carbonyl (C=O) groups is 2. The molecule has 3 aromatic rings. The van der Waals surface area contributed by atoms with Gasteiger partial charge in [-0.2, -0.15) is 4.99 Å². The number of aromatic nitrogens is 1. The molecule has 0 spiro atoms. The van der Waals surface area contributed by atoms with Gasteiger partial charge in [-0.25, -0.2) is 13.6 Å². The van der Waals surface area contributed by atoms with E-state index in [1.807, 2.05) is 0 Å². The fourth-order valence-corrected chi connectivity index (χ4v) is 3.48. The van der Waals surface area contributed by atoms with Crippen LogP contribution in [-0.4, -0.2) is 21.6 Å². The van der Waals surface area contributed by atoms with Crippen LogP contribution >= 0.6 is 11.3 Å². The summed E-state index contributed by atoms with van der Waals surface area (Å²) in [4.78, 5) is 27.7. The highest BCUT2D eigenvalue weighted by Crippen LogP contribution is 2.21. The maximum atomic E-state index is 13.3. The van der Waals surface area contributed by atoms with Crippen LogP contribution in [0.4, 0.5) is 8.78 Å². The van der Waals surface area contributed by atoms with Gasteiger partial charge >= 0.3 is 5.97 Å². The van der Waals surface area contributed by atoms with E-state index >= 15 is 0 Å². The van der Waals surface area contributed by atoms with Gasteiger partial charge in [-0.05, 0) is 31.2 Å². The summed E-state index contributed by atoms with van der Waals surface area (Å²) in [5, 5.41) is 9.32. The molecule has 3 rings (SSSR count). The van der Waals surface area contributed by atoms with E-state index < -0.39 is 29.6 Å². The van der Waals surface area contributed by atoms with Crippen molar-refractivity contribution in [3.05, 3.63) is 64.5 Å². The van der Waals surface area contributed by atoms with Crippen LogP contribution < -0.4 is 4.80 Å². The van der Waals surface area contributed by atoms with Crippen LogP contribution in [-0.2, 0) is 4.79 Å². The van der Waals surface area contributed by atoms with Crippen LogP contribution in [0.2, 0.25) is 0 Å². The first kappa shape index (κ1) is 17.0. The smallest absolute Gasteiger partial charge is 0.326 e. The van der Waals surface area contributed by atoms with E-state index in [2.05, 4.69) is 4.99 Å². The molecule has 1 atom stereocenters. The molecule has 1 N–H and O–H groups in total. The molecule has 1 heterocycles. The van der Waals surface area contributed by atoms with Crippen molar-refractivity contribution in [1.82, 2.24) is 4.57 Å². The zero-order valence-electron chi connectivity index (χ0n) is 12.9. The van der Waals surface area contributed by atoms with Gasteiger partial charge < -0.3 is 9.67 Å². The number of fused-ring (bicyclic) bond motifs is 1. The first-order chi connectivity index (χ1) is 11.9. The third-order valence-electron chi connectivity index (χ3n) is 3.58. The van der Waals surface area contributed by atoms with Gasteiger partial charge in [0.05, 0.1) is 10.2 Å². The van der Waals surface area contributed by atoms with Crippen LogP contribution in [0.15, 0.2) is 47.5 Å². The zero-order valence-corrected chi connectivity index (χ0v) is 13.8. The number of amides is 1. The van der Waals surface area contributed by atoms with Crippen molar-refractivity contribution in [2.24, 2.45) is 4.99 Å². The largest absolute Gasteiger partial charge is 0.480 e. The Morgan fingerprint density at radius 3 is 2.44 bits per heavy atom. The van der Waals surface area contributed by atoms with Crippen molar-refractivity contribution in [3.63, 3.8) is 0 Å². The lowest BCUT2D eigenvalue weighted by atomic mass is 10.2. The molecule has 5 nitrogen and oxygen atoms in total. The maximum absolute atomic E-state index is 13.3. The fourth-order valence-electron chi connectivity index (χ4n) is 2.38. The highest BCUT2D eigenvalue weighted by atomic mass is 32.1. The predicted molar refractivity (Wildman–Crippen MR) is 88.4 cm³/mol. The van der Waals surface area contributed by atoms with Gasteiger partial charge in [-0.3, -0.25) is 4.79 Å². The van der Waals surface area contributed by atoms with E-state index in [0.29, 0.717) is 11.6 Å².